The predicted octanol–water partition coefficient (Wildman–Crippen LogP) is 3.15. The Hall–Kier alpha value is -2.17. The molecule has 0 spiro atoms. The van der Waals surface area contributed by atoms with Crippen LogP contribution in [0.2, 0.25) is 0 Å². The van der Waals surface area contributed by atoms with Gasteiger partial charge in [-0.25, -0.2) is 4.79 Å². The number of halogens is 2. The molecule has 2 heterocycles. The molecule has 1 amide bonds. The van der Waals surface area contributed by atoms with Crippen LogP contribution < -0.4 is 11.0 Å². The maximum absolute atomic E-state index is 14.2. The molecular formula is C22H33F2N3O5. The third kappa shape index (κ3) is 7.18. The Balaban J connectivity index is 1.74. The molecule has 1 aromatic heterocycles. The summed E-state index contributed by atoms with van der Waals surface area (Å²) < 4.78 is 33.8. The summed E-state index contributed by atoms with van der Waals surface area (Å²) in [5.41, 5.74) is -1.06. The van der Waals surface area contributed by atoms with Gasteiger partial charge in [-0.05, 0) is 25.3 Å². The minimum Gasteiger partial charge on any atom is -0.394 e. The first-order valence-electron chi connectivity index (χ1n) is 11.1. The lowest BCUT2D eigenvalue weighted by atomic mass is 10.1. The number of aliphatic hydroxyl groups excluding tert-OH is 2. The van der Waals surface area contributed by atoms with Gasteiger partial charge in [0.2, 0.25) is 12.1 Å². The van der Waals surface area contributed by atoms with Gasteiger partial charge in [0.05, 0.1) is 6.61 Å². The molecule has 1 aromatic rings. The highest BCUT2D eigenvalue weighted by molar-refractivity contribution is 5.89. The number of allylic oxidation sites excluding steroid dienone is 1. The maximum Gasteiger partial charge on any atom is 0.351 e. The van der Waals surface area contributed by atoms with Gasteiger partial charge in [-0.3, -0.25) is 9.36 Å². The summed E-state index contributed by atoms with van der Waals surface area (Å²) >= 11 is 0. The fourth-order valence-corrected chi connectivity index (χ4v) is 3.62. The van der Waals surface area contributed by atoms with Crippen LogP contribution in [0.1, 0.15) is 70.4 Å². The largest absolute Gasteiger partial charge is 0.394 e. The number of amides is 1. The molecule has 0 aromatic carbocycles. The van der Waals surface area contributed by atoms with Crippen LogP contribution in [0, 0.1) is 0 Å². The van der Waals surface area contributed by atoms with Crippen molar-refractivity contribution in [1.82, 2.24) is 9.55 Å². The molecule has 1 aliphatic heterocycles. The summed E-state index contributed by atoms with van der Waals surface area (Å²) in [4.78, 5) is 27.8. The van der Waals surface area contributed by atoms with E-state index in [0.717, 1.165) is 31.9 Å². The number of ether oxygens (including phenoxy) is 1. The zero-order chi connectivity index (χ0) is 23.6. The molecular weight excluding hydrogens is 424 g/mol. The van der Waals surface area contributed by atoms with Crippen molar-refractivity contribution in [2.75, 3.05) is 11.9 Å². The zero-order valence-electron chi connectivity index (χ0n) is 18.2. The lowest BCUT2D eigenvalue weighted by Crippen LogP contribution is -2.41. The van der Waals surface area contributed by atoms with Gasteiger partial charge in [-0.15, -0.1) is 6.58 Å². The Morgan fingerprint density at radius 1 is 1.22 bits per heavy atom. The Bertz CT molecular complexity index is 802. The Morgan fingerprint density at radius 2 is 1.84 bits per heavy atom. The van der Waals surface area contributed by atoms with E-state index in [1.54, 1.807) is 0 Å². The third-order valence-electron chi connectivity index (χ3n) is 5.47. The molecule has 3 N–H and O–H groups in total. The quantitative estimate of drug-likeness (QED) is 0.292. The van der Waals surface area contributed by atoms with Gasteiger partial charge in [0.1, 0.15) is 11.9 Å². The van der Waals surface area contributed by atoms with Crippen LogP contribution in [0.3, 0.4) is 0 Å². The molecule has 1 saturated heterocycles. The maximum atomic E-state index is 14.2. The monoisotopic (exact) mass is 457 g/mol. The summed E-state index contributed by atoms with van der Waals surface area (Å²) in [7, 11) is 0. The van der Waals surface area contributed by atoms with Crippen molar-refractivity contribution < 1.29 is 28.5 Å². The lowest BCUT2D eigenvalue weighted by molar-refractivity contribution is -0.141. The molecule has 8 nitrogen and oxygen atoms in total. The number of rotatable bonds is 14. The van der Waals surface area contributed by atoms with Gasteiger partial charge >= 0.3 is 11.6 Å². The molecule has 0 saturated carbocycles. The van der Waals surface area contributed by atoms with Gasteiger partial charge in [0, 0.05) is 12.6 Å². The van der Waals surface area contributed by atoms with Crippen LogP contribution in [0.15, 0.2) is 29.7 Å². The van der Waals surface area contributed by atoms with Crippen molar-refractivity contribution in [1.29, 1.82) is 0 Å². The molecule has 2 rings (SSSR count). The SMILES string of the molecule is C=CCCCCCCCCCCC(=O)Nc1ccn([C@@H]2O[C@H](CO)[C@@H](O)C2(F)F)c(=O)n1. The predicted molar refractivity (Wildman–Crippen MR) is 115 cm³/mol. The van der Waals surface area contributed by atoms with Gasteiger partial charge in [-0.1, -0.05) is 44.6 Å². The average Bonchev–Trinajstić information content (AvgIpc) is 2.98. The fraction of sp³-hybridized carbons (Fsp3) is 0.682. The van der Waals surface area contributed by atoms with E-state index >= 15 is 0 Å². The van der Waals surface area contributed by atoms with E-state index < -0.39 is 36.7 Å². The smallest absolute Gasteiger partial charge is 0.351 e. The van der Waals surface area contributed by atoms with Crippen molar-refractivity contribution >= 4 is 11.7 Å². The van der Waals surface area contributed by atoms with Crippen molar-refractivity contribution in [2.45, 2.75) is 88.6 Å². The average molecular weight is 458 g/mol. The normalized spacial score (nSPS) is 22.1. The van der Waals surface area contributed by atoms with Crippen LogP contribution in [0.5, 0.6) is 0 Å². The number of anilines is 1. The molecule has 3 atom stereocenters. The highest BCUT2D eigenvalue weighted by Crippen LogP contribution is 2.41. The van der Waals surface area contributed by atoms with Crippen LogP contribution in [-0.4, -0.2) is 50.4 Å². The van der Waals surface area contributed by atoms with Crippen molar-refractivity contribution in [2.24, 2.45) is 0 Å². The number of hydrogen-bond donors (Lipinski definition) is 3. The van der Waals surface area contributed by atoms with Gasteiger partial charge in [0.15, 0.2) is 6.10 Å². The molecule has 1 aliphatic rings. The van der Waals surface area contributed by atoms with Crippen LogP contribution in [-0.2, 0) is 9.53 Å². The molecule has 0 unspecified atom stereocenters. The highest BCUT2D eigenvalue weighted by Gasteiger charge is 2.59. The minimum atomic E-state index is -3.78. The summed E-state index contributed by atoms with van der Waals surface area (Å²) in [6.45, 7) is 2.88. The molecule has 0 radical (unpaired) electrons. The number of aromatic nitrogens is 2. The fourth-order valence-electron chi connectivity index (χ4n) is 3.62. The number of unbranched alkanes of at least 4 members (excludes halogenated alkanes) is 8. The Kier molecular flexibility index (Phi) is 10.4. The number of alkyl halides is 2. The second-order valence-electron chi connectivity index (χ2n) is 8.04. The summed E-state index contributed by atoms with van der Waals surface area (Å²) in [6.07, 6.45) is 7.06. The molecule has 32 heavy (non-hydrogen) atoms. The topological polar surface area (TPSA) is 114 Å². The molecule has 1 fully saturated rings. The number of carbonyl (C=O) groups excluding carboxylic acids is 1. The van der Waals surface area contributed by atoms with Crippen LogP contribution in [0.4, 0.5) is 14.6 Å². The molecule has 0 bridgehead atoms. The molecule has 0 aliphatic carbocycles. The first kappa shape index (κ1) is 26.1. The zero-order valence-corrected chi connectivity index (χ0v) is 18.2. The number of carbonyl (C=O) groups is 1. The van der Waals surface area contributed by atoms with Crippen LogP contribution >= 0.6 is 0 Å². The Morgan fingerprint density at radius 3 is 2.41 bits per heavy atom. The molecule has 10 heteroatoms. The lowest BCUT2D eigenvalue weighted by Gasteiger charge is -2.21. The minimum absolute atomic E-state index is 0.0451. The highest BCUT2D eigenvalue weighted by atomic mass is 19.3. The van der Waals surface area contributed by atoms with Crippen molar-refractivity contribution in [3.05, 3.63) is 35.4 Å². The van der Waals surface area contributed by atoms with Crippen LogP contribution in [0.25, 0.3) is 0 Å². The van der Waals surface area contributed by atoms with E-state index in [2.05, 4.69) is 16.9 Å². The summed E-state index contributed by atoms with van der Waals surface area (Å²) in [5, 5.41) is 21.1. The second kappa shape index (κ2) is 12.8. The first-order chi connectivity index (χ1) is 15.3. The van der Waals surface area contributed by atoms with Crippen molar-refractivity contribution in [3.8, 4) is 0 Å². The number of nitrogens with one attached hydrogen (secondary N) is 1. The van der Waals surface area contributed by atoms with Gasteiger partial charge < -0.3 is 20.3 Å². The third-order valence-corrected chi connectivity index (χ3v) is 5.47. The van der Waals surface area contributed by atoms with E-state index in [-0.39, 0.29) is 18.1 Å². The standard InChI is InChI=1S/C22H33F2N3O5/c1-2-3-4-5-6-7-8-9-10-11-12-18(29)25-17-13-14-27(21(31)26-17)20-22(23,24)19(30)16(15-28)32-20/h2,13-14,16,19-20,28,30H,1,3-12,15H2,(H,25,26,29,31)/t16-,19-,20-/m1/s1. The second-order valence-corrected chi connectivity index (χ2v) is 8.04. The van der Waals surface area contributed by atoms with E-state index in [1.807, 2.05) is 6.08 Å². The number of nitrogens with zero attached hydrogens (tertiary/aromatic N) is 2. The van der Waals surface area contributed by atoms with Crippen molar-refractivity contribution in [3.63, 3.8) is 0 Å². The van der Waals surface area contributed by atoms with Gasteiger partial charge in [0.25, 0.3) is 0 Å². The number of aliphatic hydroxyl groups is 2. The van der Waals surface area contributed by atoms with Gasteiger partial charge in [-0.2, -0.15) is 13.8 Å². The number of hydrogen-bond acceptors (Lipinski definition) is 6. The van der Waals surface area contributed by atoms with E-state index in [0.29, 0.717) is 11.0 Å². The van der Waals surface area contributed by atoms with E-state index in [1.165, 1.54) is 31.7 Å². The first-order valence-corrected chi connectivity index (χ1v) is 11.1. The Labute approximate surface area is 186 Å². The summed E-state index contributed by atoms with van der Waals surface area (Å²) in [5.74, 6) is -4.14. The summed E-state index contributed by atoms with van der Waals surface area (Å²) in [6, 6.07) is 1.21. The molecule has 180 valence electrons. The van der Waals surface area contributed by atoms with E-state index in [4.69, 9.17) is 9.84 Å². The van der Waals surface area contributed by atoms with E-state index in [9.17, 15) is 23.5 Å².